The quantitative estimate of drug-likeness (QED) is 0.180. The summed E-state index contributed by atoms with van der Waals surface area (Å²) >= 11 is 5.95. The van der Waals surface area contributed by atoms with Gasteiger partial charge in [-0.2, -0.15) is 0 Å². The minimum absolute atomic E-state index is 0.0161. The summed E-state index contributed by atoms with van der Waals surface area (Å²) < 4.78 is 40.1. The molecule has 0 bridgehead atoms. The number of carbonyl (C=O) groups excluding carboxylic acids is 1. The molecule has 1 aliphatic rings. The smallest absolute Gasteiger partial charge is 0.337 e. The summed E-state index contributed by atoms with van der Waals surface area (Å²) in [5, 5.41) is 12.3. The lowest BCUT2D eigenvalue weighted by Crippen LogP contribution is -2.39. The van der Waals surface area contributed by atoms with Crippen molar-refractivity contribution in [2.75, 3.05) is 5.32 Å². The second-order valence-electron chi connectivity index (χ2n) is 10.3. The number of carboxylic acid groups (broad SMARTS) is 1. The molecule has 0 unspecified atom stereocenters. The Bertz CT molecular complexity index is 1720. The second-order valence-corrected chi connectivity index (χ2v) is 12.5. The average Bonchev–Trinajstić information content (AvgIpc) is 3.00. The zero-order valence-corrected chi connectivity index (χ0v) is 25.1. The lowest BCUT2D eigenvalue weighted by Gasteiger charge is -2.29. The van der Waals surface area contributed by atoms with Gasteiger partial charge < -0.3 is 19.9 Å². The molecule has 0 radical (unpaired) electrons. The molecule has 0 atom stereocenters. The number of para-hydroxylation sites is 1. The van der Waals surface area contributed by atoms with Crippen LogP contribution >= 0.6 is 11.6 Å². The lowest BCUT2D eigenvalue weighted by molar-refractivity contribution is -0.115. The van der Waals surface area contributed by atoms with Crippen LogP contribution in [0.2, 0.25) is 5.02 Å². The Kier molecular flexibility index (Phi) is 9.78. The van der Waals surface area contributed by atoms with Gasteiger partial charge in [0.05, 0.1) is 28.7 Å². The number of anilines is 1. The van der Waals surface area contributed by atoms with E-state index in [1.54, 1.807) is 60.7 Å². The summed E-state index contributed by atoms with van der Waals surface area (Å²) in [5.41, 5.74) is 0.885. The van der Waals surface area contributed by atoms with E-state index in [1.807, 2.05) is 0 Å². The van der Waals surface area contributed by atoms with Crippen LogP contribution in [0.25, 0.3) is 0 Å². The molecule has 1 aliphatic carbocycles. The number of nitrogens with zero attached hydrogens (tertiary/aromatic N) is 1. The molecule has 4 aromatic rings. The van der Waals surface area contributed by atoms with E-state index in [9.17, 15) is 23.1 Å². The van der Waals surface area contributed by atoms with Crippen molar-refractivity contribution in [3.05, 3.63) is 107 Å². The molecule has 3 N–H and O–H groups in total. The highest BCUT2D eigenvalue weighted by Gasteiger charge is 2.27. The van der Waals surface area contributed by atoms with E-state index in [-0.39, 0.29) is 40.6 Å². The van der Waals surface area contributed by atoms with Gasteiger partial charge in [0.15, 0.2) is 0 Å². The Balaban J connectivity index is 1.07. The highest BCUT2D eigenvalue weighted by Crippen LogP contribution is 2.28. The number of halogens is 1. The lowest BCUT2D eigenvalue weighted by atomic mass is 9.94. The fraction of sp³-hybridized carbons (Fsp3) is 0.219. The molecule has 1 saturated carbocycles. The number of amides is 1. The SMILES string of the molecule is O=C(Cc1ccc(Oc2ccc(OC3CCC(NS(=O)(=O)c4cccc(Cl)c4)CC3)cc2)nc1)Nc1ccccc1C(=O)O. The number of aromatic nitrogens is 1. The second kappa shape index (κ2) is 13.9. The summed E-state index contributed by atoms with van der Waals surface area (Å²) in [5.74, 6) is 0.0956. The first-order valence-electron chi connectivity index (χ1n) is 13.9. The predicted octanol–water partition coefficient (Wildman–Crippen LogP) is 6.08. The van der Waals surface area contributed by atoms with Crippen LogP contribution < -0.4 is 19.5 Å². The van der Waals surface area contributed by atoms with Crippen LogP contribution in [0.15, 0.2) is 96.0 Å². The van der Waals surface area contributed by atoms with Crippen molar-refractivity contribution in [3.63, 3.8) is 0 Å². The van der Waals surface area contributed by atoms with Crippen LogP contribution in [0, 0.1) is 0 Å². The summed E-state index contributed by atoms with van der Waals surface area (Å²) in [6.07, 6.45) is 4.25. The van der Waals surface area contributed by atoms with Crippen molar-refractivity contribution in [2.45, 2.75) is 49.1 Å². The molecule has 0 aliphatic heterocycles. The number of hydrogen-bond donors (Lipinski definition) is 3. The number of rotatable bonds is 11. The first-order chi connectivity index (χ1) is 21.1. The maximum atomic E-state index is 12.7. The summed E-state index contributed by atoms with van der Waals surface area (Å²) in [7, 11) is -3.64. The molecule has 5 rings (SSSR count). The van der Waals surface area contributed by atoms with Crippen LogP contribution in [0.3, 0.4) is 0 Å². The third-order valence-corrected chi connectivity index (χ3v) is 8.80. The van der Waals surface area contributed by atoms with E-state index in [0.717, 1.165) is 0 Å². The Morgan fingerprint density at radius 1 is 0.909 bits per heavy atom. The summed E-state index contributed by atoms with van der Waals surface area (Å²) in [4.78, 5) is 28.2. The Morgan fingerprint density at radius 3 is 2.32 bits per heavy atom. The van der Waals surface area contributed by atoms with Crippen LogP contribution in [-0.4, -0.2) is 42.5 Å². The number of carbonyl (C=O) groups is 2. The van der Waals surface area contributed by atoms with Gasteiger partial charge in [0.2, 0.25) is 21.8 Å². The summed E-state index contributed by atoms with van der Waals surface area (Å²) in [6.45, 7) is 0. The third-order valence-electron chi connectivity index (χ3n) is 7.05. The highest BCUT2D eigenvalue weighted by molar-refractivity contribution is 7.89. The summed E-state index contributed by atoms with van der Waals surface area (Å²) in [6, 6.07) is 22.7. The molecular formula is C32H30ClN3O7S. The van der Waals surface area contributed by atoms with Crippen molar-refractivity contribution >= 4 is 39.2 Å². The Labute approximate surface area is 260 Å². The van der Waals surface area contributed by atoms with Crippen molar-refractivity contribution in [2.24, 2.45) is 0 Å². The standard InChI is InChI=1S/C32H30ClN3O7S/c33-22-4-3-5-27(19-22)44(40,41)36-23-9-11-24(12-10-23)42-25-13-15-26(16-14-25)43-31-17-8-21(20-34-31)18-30(37)35-29-7-2-1-6-28(29)32(38)39/h1-8,13-17,19-20,23-24,36H,9-12,18H2,(H,35,37)(H,38,39). The van der Waals surface area contributed by atoms with Gasteiger partial charge in [-0.05, 0) is 85.8 Å². The number of carboxylic acids is 1. The number of pyridine rings is 1. The zero-order chi connectivity index (χ0) is 31.1. The number of ether oxygens (including phenoxy) is 2. The van der Waals surface area contributed by atoms with Gasteiger partial charge in [-0.25, -0.2) is 22.9 Å². The average molecular weight is 636 g/mol. The van der Waals surface area contributed by atoms with Gasteiger partial charge >= 0.3 is 5.97 Å². The largest absolute Gasteiger partial charge is 0.490 e. The van der Waals surface area contributed by atoms with Crippen LogP contribution in [-0.2, 0) is 21.2 Å². The molecule has 12 heteroatoms. The minimum Gasteiger partial charge on any atom is -0.490 e. The molecule has 1 fully saturated rings. The van der Waals surface area contributed by atoms with E-state index in [0.29, 0.717) is 53.6 Å². The molecule has 0 spiro atoms. The molecule has 1 amide bonds. The van der Waals surface area contributed by atoms with Gasteiger partial charge in [-0.15, -0.1) is 0 Å². The monoisotopic (exact) mass is 635 g/mol. The normalized spacial score (nSPS) is 16.6. The van der Waals surface area contributed by atoms with Gasteiger partial charge in [-0.1, -0.05) is 35.9 Å². The first kappa shape index (κ1) is 31.0. The van der Waals surface area contributed by atoms with Crippen molar-refractivity contribution in [1.29, 1.82) is 0 Å². The maximum Gasteiger partial charge on any atom is 0.337 e. The van der Waals surface area contributed by atoms with Gasteiger partial charge in [0.25, 0.3) is 0 Å². The third kappa shape index (κ3) is 8.34. The Hall–Kier alpha value is -4.45. The van der Waals surface area contributed by atoms with E-state index in [2.05, 4.69) is 15.0 Å². The van der Waals surface area contributed by atoms with Crippen LogP contribution in [0.4, 0.5) is 5.69 Å². The zero-order valence-electron chi connectivity index (χ0n) is 23.5. The van der Waals surface area contributed by atoms with Gasteiger partial charge in [-0.3, -0.25) is 4.79 Å². The predicted molar refractivity (Wildman–Crippen MR) is 165 cm³/mol. The van der Waals surface area contributed by atoms with Crippen LogP contribution in [0.5, 0.6) is 17.4 Å². The first-order valence-corrected chi connectivity index (χ1v) is 15.8. The van der Waals surface area contributed by atoms with Crippen molar-refractivity contribution in [1.82, 2.24) is 9.71 Å². The van der Waals surface area contributed by atoms with E-state index in [4.69, 9.17) is 21.1 Å². The Morgan fingerprint density at radius 2 is 1.64 bits per heavy atom. The van der Waals surface area contributed by atoms with E-state index in [1.165, 1.54) is 30.5 Å². The van der Waals surface area contributed by atoms with Gasteiger partial charge in [0, 0.05) is 23.3 Å². The molecule has 44 heavy (non-hydrogen) atoms. The molecule has 1 heterocycles. The molecule has 0 saturated heterocycles. The number of sulfonamides is 1. The van der Waals surface area contributed by atoms with E-state index < -0.39 is 16.0 Å². The molecule has 3 aromatic carbocycles. The fourth-order valence-electron chi connectivity index (χ4n) is 4.85. The highest BCUT2D eigenvalue weighted by atomic mass is 35.5. The minimum atomic E-state index is -3.64. The van der Waals surface area contributed by atoms with Crippen LogP contribution in [0.1, 0.15) is 41.6 Å². The van der Waals surface area contributed by atoms with Crippen molar-refractivity contribution in [3.8, 4) is 17.4 Å². The van der Waals surface area contributed by atoms with Gasteiger partial charge in [0.1, 0.15) is 11.5 Å². The fourth-order valence-corrected chi connectivity index (χ4v) is 6.46. The molecule has 10 nitrogen and oxygen atoms in total. The van der Waals surface area contributed by atoms with E-state index >= 15 is 0 Å². The topological polar surface area (TPSA) is 144 Å². The number of benzene rings is 3. The number of nitrogens with one attached hydrogen (secondary N) is 2. The molecular weight excluding hydrogens is 606 g/mol. The number of hydrogen-bond acceptors (Lipinski definition) is 7. The molecule has 228 valence electrons. The number of aromatic carboxylic acids is 1. The van der Waals surface area contributed by atoms with Crippen molar-refractivity contribution < 1.29 is 32.6 Å². The maximum absolute atomic E-state index is 12.7. The molecule has 1 aromatic heterocycles.